The molecular weight excluding hydrogens is 350 g/mol. The number of nitrogens with zero attached hydrogens (tertiary/aromatic N) is 2. The van der Waals surface area contributed by atoms with Gasteiger partial charge in [-0.2, -0.15) is 4.68 Å². The van der Waals surface area contributed by atoms with E-state index in [-0.39, 0.29) is 6.79 Å². The first kappa shape index (κ1) is 15.6. The Morgan fingerprint density at radius 3 is 2.85 bits per heavy atom. The lowest BCUT2D eigenvalue weighted by molar-refractivity contribution is -0.939. The maximum atomic E-state index is 5.73. The maximum absolute atomic E-state index is 5.73. The second-order valence-corrected chi connectivity index (χ2v) is 6.94. The van der Waals surface area contributed by atoms with Gasteiger partial charge in [0.1, 0.15) is 6.54 Å². The Morgan fingerprint density at radius 2 is 1.92 bits per heavy atom. The van der Waals surface area contributed by atoms with Crippen molar-refractivity contribution in [2.45, 2.75) is 19.6 Å². The van der Waals surface area contributed by atoms with Gasteiger partial charge in [-0.15, -0.1) is 5.10 Å². The molecule has 1 aromatic heterocycles. The average molecular weight is 368 g/mol. The molecule has 2 aromatic carbocycles. The number of nitrogens with one attached hydrogen (secondary N) is 1. The number of aromatic nitrogens is 2. The average Bonchev–Trinajstić information content (AvgIpc) is 3.28. The van der Waals surface area contributed by atoms with E-state index in [1.54, 1.807) is 4.68 Å². The van der Waals surface area contributed by atoms with E-state index in [4.69, 9.17) is 26.1 Å². The summed E-state index contributed by atoms with van der Waals surface area (Å²) in [5.74, 6) is 1.95. The van der Waals surface area contributed by atoms with Crippen molar-refractivity contribution >= 4 is 12.2 Å². The third-order valence-corrected chi connectivity index (χ3v) is 5.20. The van der Waals surface area contributed by atoms with Crippen LogP contribution in [0.2, 0.25) is 0 Å². The van der Waals surface area contributed by atoms with E-state index in [2.05, 4.69) is 29.4 Å². The summed E-state index contributed by atoms with van der Waals surface area (Å²) in [5.41, 5.74) is 3.68. The first-order chi connectivity index (χ1) is 12.8. The quantitative estimate of drug-likeness (QED) is 0.719. The summed E-state index contributed by atoms with van der Waals surface area (Å²) in [6, 6.07) is 14.3. The predicted octanol–water partition coefficient (Wildman–Crippen LogP) is 2.20. The Balaban J connectivity index is 1.37. The zero-order valence-corrected chi connectivity index (χ0v) is 14.9. The molecule has 0 radical (unpaired) electrons. The van der Waals surface area contributed by atoms with Gasteiger partial charge in [0.2, 0.25) is 12.7 Å². The topological polar surface area (TPSA) is 53.9 Å². The highest BCUT2D eigenvalue weighted by atomic mass is 32.1. The molecule has 1 N–H and O–H groups in total. The predicted molar refractivity (Wildman–Crippen MR) is 96.6 cm³/mol. The number of ether oxygens (including phenoxy) is 2. The fourth-order valence-electron chi connectivity index (χ4n) is 3.54. The fraction of sp³-hybridized carbons (Fsp3) is 0.263. The number of fused-ring (bicyclic) bond motifs is 2. The monoisotopic (exact) mass is 368 g/mol. The van der Waals surface area contributed by atoms with Crippen molar-refractivity contribution < 1.29 is 18.8 Å². The van der Waals surface area contributed by atoms with Crippen LogP contribution in [-0.4, -0.2) is 23.1 Å². The molecule has 1 unspecified atom stereocenters. The Hall–Kier alpha value is -2.64. The van der Waals surface area contributed by atoms with Crippen LogP contribution in [-0.2, 0) is 19.6 Å². The molecule has 0 aliphatic carbocycles. The van der Waals surface area contributed by atoms with Crippen LogP contribution in [0.15, 0.2) is 46.9 Å². The van der Waals surface area contributed by atoms with Crippen LogP contribution in [0.4, 0.5) is 0 Å². The number of rotatable bonds is 3. The summed E-state index contributed by atoms with van der Waals surface area (Å²) in [5, 5.41) is 4.58. The van der Waals surface area contributed by atoms with Gasteiger partial charge in [-0.1, -0.05) is 24.3 Å². The van der Waals surface area contributed by atoms with Crippen molar-refractivity contribution in [2.24, 2.45) is 0 Å². The van der Waals surface area contributed by atoms with Gasteiger partial charge in [0.05, 0.1) is 6.54 Å². The van der Waals surface area contributed by atoms with Gasteiger partial charge >= 0.3 is 0 Å². The van der Waals surface area contributed by atoms with Gasteiger partial charge in [-0.25, -0.2) is 0 Å². The van der Waals surface area contributed by atoms with Crippen molar-refractivity contribution in [1.29, 1.82) is 0 Å². The summed E-state index contributed by atoms with van der Waals surface area (Å²) in [7, 11) is 0. The normalized spacial score (nSPS) is 17.9. The molecule has 2 aliphatic rings. The molecule has 132 valence electrons. The number of quaternary nitrogens is 1. The summed E-state index contributed by atoms with van der Waals surface area (Å²) in [4.78, 5) is 1.81. The highest BCUT2D eigenvalue weighted by Gasteiger charge is 2.21. The van der Waals surface area contributed by atoms with Gasteiger partial charge in [0, 0.05) is 17.5 Å². The number of hydrogen-bond acceptors (Lipinski definition) is 5. The molecule has 3 heterocycles. The standard InChI is InChI=1S/C19H17N3O3S/c26-19-22(11-21-8-7-13-3-1-2-4-15(13)10-21)20-18(25-19)14-5-6-16-17(9-14)24-12-23-16/h1-6,9H,7-8,10-12H2/p+1. The van der Waals surface area contributed by atoms with Crippen LogP contribution in [0.25, 0.3) is 11.5 Å². The lowest BCUT2D eigenvalue weighted by atomic mass is 10.0. The first-order valence-corrected chi connectivity index (χ1v) is 9.05. The second-order valence-electron chi connectivity index (χ2n) is 6.59. The largest absolute Gasteiger partial charge is 0.454 e. The summed E-state index contributed by atoms with van der Waals surface area (Å²) in [6.45, 7) is 2.98. The molecule has 7 heteroatoms. The summed E-state index contributed by atoms with van der Waals surface area (Å²) in [6.07, 6.45) is 1.08. The molecule has 2 aliphatic heterocycles. The lowest BCUT2D eigenvalue weighted by Gasteiger charge is -2.25. The second kappa shape index (κ2) is 6.26. The lowest BCUT2D eigenvalue weighted by Crippen LogP contribution is -3.11. The summed E-state index contributed by atoms with van der Waals surface area (Å²) < 4.78 is 18.3. The molecule has 0 spiro atoms. The SMILES string of the molecule is S=c1oc(-c2ccc3c(c2)OCO3)nn1C[NH+]1CCc2ccccc2C1. The molecule has 0 saturated carbocycles. The van der Waals surface area contributed by atoms with Crippen LogP contribution in [0.1, 0.15) is 11.1 Å². The molecule has 0 saturated heterocycles. The number of hydrogen-bond donors (Lipinski definition) is 1. The van der Waals surface area contributed by atoms with Gasteiger partial charge in [0.25, 0.3) is 4.84 Å². The van der Waals surface area contributed by atoms with Crippen molar-refractivity contribution in [3.8, 4) is 23.0 Å². The maximum Gasteiger partial charge on any atom is 0.292 e. The minimum atomic E-state index is 0.246. The first-order valence-electron chi connectivity index (χ1n) is 8.64. The Kier molecular flexibility index (Phi) is 3.76. The van der Waals surface area contributed by atoms with Gasteiger partial charge in [-0.3, -0.25) is 0 Å². The van der Waals surface area contributed by atoms with Crippen molar-refractivity contribution in [3.63, 3.8) is 0 Å². The van der Waals surface area contributed by atoms with Gasteiger partial charge in [0.15, 0.2) is 18.2 Å². The van der Waals surface area contributed by atoms with E-state index in [0.717, 1.165) is 30.8 Å². The molecule has 5 rings (SSSR count). The molecule has 6 nitrogen and oxygen atoms in total. The van der Waals surface area contributed by atoms with E-state index in [1.165, 1.54) is 16.0 Å². The molecule has 0 fully saturated rings. The smallest absolute Gasteiger partial charge is 0.292 e. The molecule has 0 bridgehead atoms. The van der Waals surface area contributed by atoms with Crippen LogP contribution >= 0.6 is 12.2 Å². The molecular formula is C19H18N3O3S+. The van der Waals surface area contributed by atoms with E-state index in [1.807, 2.05) is 18.2 Å². The Morgan fingerprint density at radius 1 is 1.08 bits per heavy atom. The number of benzene rings is 2. The van der Waals surface area contributed by atoms with Crippen LogP contribution in [0.5, 0.6) is 11.5 Å². The minimum absolute atomic E-state index is 0.246. The van der Waals surface area contributed by atoms with E-state index in [0.29, 0.717) is 23.1 Å². The highest BCUT2D eigenvalue weighted by Crippen LogP contribution is 2.35. The summed E-state index contributed by atoms with van der Waals surface area (Å²) >= 11 is 5.38. The third-order valence-electron chi connectivity index (χ3n) is 4.91. The van der Waals surface area contributed by atoms with Crippen LogP contribution in [0, 0.1) is 4.84 Å². The van der Waals surface area contributed by atoms with Crippen molar-refractivity contribution in [3.05, 3.63) is 58.4 Å². The van der Waals surface area contributed by atoms with Crippen molar-refractivity contribution in [1.82, 2.24) is 9.78 Å². The van der Waals surface area contributed by atoms with Gasteiger partial charge in [-0.05, 0) is 36.0 Å². The van der Waals surface area contributed by atoms with E-state index >= 15 is 0 Å². The van der Waals surface area contributed by atoms with E-state index in [9.17, 15) is 0 Å². The van der Waals surface area contributed by atoms with Crippen LogP contribution < -0.4 is 14.4 Å². The molecule has 0 amide bonds. The van der Waals surface area contributed by atoms with E-state index < -0.39 is 0 Å². The zero-order valence-electron chi connectivity index (χ0n) is 14.1. The zero-order chi connectivity index (χ0) is 17.5. The molecule has 26 heavy (non-hydrogen) atoms. The van der Waals surface area contributed by atoms with Crippen molar-refractivity contribution in [2.75, 3.05) is 13.3 Å². The Labute approximate surface area is 155 Å². The van der Waals surface area contributed by atoms with Crippen LogP contribution in [0.3, 0.4) is 0 Å². The molecule has 3 aromatic rings. The van der Waals surface area contributed by atoms with Gasteiger partial charge < -0.3 is 18.8 Å². The highest BCUT2D eigenvalue weighted by molar-refractivity contribution is 7.71. The Bertz CT molecular complexity index is 1030. The fourth-order valence-corrected chi connectivity index (χ4v) is 3.73. The molecule has 1 atom stereocenters. The minimum Gasteiger partial charge on any atom is -0.454 e. The third kappa shape index (κ3) is 2.79.